The predicted molar refractivity (Wildman–Crippen MR) is 67.4 cm³/mol. The normalized spacial score (nSPS) is 53.5. The van der Waals surface area contributed by atoms with E-state index in [0.717, 1.165) is 31.0 Å². The van der Waals surface area contributed by atoms with Crippen LogP contribution >= 0.6 is 0 Å². The Kier molecular flexibility index (Phi) is 2.90. The van der Waals surface area contributed by atoms with Crippen molar-refractivity contribution in [2.45, 2.75) is 63.4 Å². The van der Waals surface area contributed by atoms with Crippen LogP contribution in [-0.2, 0) is 14.2 Å². The van der Waals surface area contributed by atoms with E-state index in [-0.39, 0.29) is 0 Å². The van der Waals surface area contributed by atoms with E-state index >= 15 is 0 Å². The zero-order chi connectivity index (χ0) is 12.1. The molecule has 0 aromatic heterocycles. The van der Waals surface area contributed by atoms with Gasteiger partial charge in [-0.1, -0.05) is 6.92 Å². The number of ether oxygens (including phenoxy) is 3. The highest BCUT2D eigenvalue weighted by atomic mass is 16.6. The Balaban J connectivity index is 1.19. The fourth-order valence-corrected chi connectivity index (χ4v) is 3.94. The second kappa shape index (κ2) is 4.46. The summed E-state index contributed by atoms with van der Waals surface area (Å²) in [6.07, 6.45) is 8.64. The fourth-order valence-electron chi connectivity index (χ4n) is 3.94. The minimum Gasteiger partial charge on any atom is -0.381 e. The first-order chi connectivity index (χ1) is 8.79. The maximum atomic E-state index is 6.01. The summed E-state index contributed by atoms with van der Waals surface area (Å²) < 4.78 is 17.2. The molecule has 3 nitrogen and oxygen atoms in total. The van der Waals surface area contributed by atoms with Gasteiger partial charge in [-0.25, -0.2) is 0 Å². The van der Waals surface area contributed by atoms with Gasteiger partial charge in [-0.3, -0.25) is 0 Å². The molecule has 3 heteroatoms. The molecule has 2 saturated heterocycles. The van der Waals surface area contributed by atoms with Crippen LogP contribution < -0.4 is 0 Å². The van der Waals surface area contributed by atoms with E-state index in [4.69, 9.17) is 14.2 Å². The van der Waals surface area contributed by atoms with Gasteiger partial charge in [-0.2, -0.15) is 0 Å². The molecule has 4 rings (SSSR count). The van der Waals surface area contributed by atoms with Gasteiger partial charge in [0, 0.05) is 13.2 Å². The van der Waals surface area contributed by atoms with Crippen molar-refractivity contribution < 1.29 is 14.2 Å². The second-order valence-corrected chi connectivity index (χ2v) is 6.85. The van der Waals surface area contributed by atoms with E-state index in [9.17, 15) is 0 Å². The first-order valence-electron chi connectivity index (χ1n) is 7.68. The highest BCUT2D eigenvalue weighted by Gasteiger charge is 2.47. The van der Waals surface area contributed by atoms with Crippen molar-refractivity contribution >= 4 is 0 Å². The Labute approximate surface area is 109 Å². The minimum atomic E-state index is 0.574. The molecule has 2 aliphatic carbocycles. The van der Waals surface area contributed by atoms with Crippen molar-refractivity contribution in [2.75, 3.05) is 13.2 Å². The lowest BCUT2D eigenvalue weighted by Gasteiger charge is -2.27. The highest BCUT2D eigenvalue weighted by molar-refractivity contribution is 4.95. The number of fused-ring (bicyclic) bond motifs is 2. The smallest absolute Gasteiger partial charge is 0.0845 e. The van der Waals surface area contributed by atoms with Crippen molar-refractivity contribution in [1.82, 2.24) is 0 Å². The molecule has 0 bridgehead atoms. The molecule has 4 aliphatic rings. The van der Waals surface area contributed by atoms with Crippen LogP contribution in [0.2, 0.25) is 0 Å². The first-order valence-corrected chi connectivity index (χ1v) is 7.68. The van der Waals surface area contributed by atoms with Crippen molar-refractivity contribution in [2.24, 2.45) is 17.8 Å². The molecule has 0 aromatic carbocycles. The molecule has 2 aliphatic heterocycles. The third-order valence-electron chi connectivity index (χ3n) is 5.43. The SMILES string of the molecule is C[C@@H]1C[C@@H]2O[C@H]2C[C@@H]1COC[C@@H]1CC[C@H]2O[C@@H]2C1. The van der Waals surface area contributed by atoms with Gasteiger partial charge in [0.25, 0.3) is 0 Å². The quantitative estimate of drug-likeness (QED) is 0.720. The molecule has 4 fully saturated rings. The lowest BCUT2D eigenvalue weighted by atomic mass is 9.81. The summed E-state index contributed by atoms with van der Waals surface area (Å²) >= 11 is 0. The topological polar surface area (TPSA) is 34.3 Å². The van der Waals surface area contributed by atoms with Crippen molar-refractivity contribution in [1.29, 1.82) is 0 Å². The summed E-state index contributed by atoms with van der Waals surface area (Å²) in [5, 5.41) is 0. The van der Waals surface area contributed by atoms with Crippen molar-refractivity contribution in [3.63, 3.8) is 0 Å². The molecule has 0 radical (unpaired) electrons. The van der Waals surface area contributed by atoms with Gasteiger partial charge >= 0.3 is 0 Å². The fraction of sp³-hybridized carbons (Fsp3) is 1.00. The van der Waals surface area contributed by atoms with Crippen LogP contribution in [0.4, 0.5) is 0 Å². The van der Waals surface area contributed by atoms with Crippen LogP contribution in [0.15, 0.2) is 0 Å². The summed E-state index contributed by atoms with van der Waals surface area (Å²) in [7, 11) is 0. The van der Waals surface area contributed by atoms with Gasteiger partial charge in [0.05, 0.1) is 24.4 Å². The summed E-state index contributed by atoms with van der Waals surface area (Å²) in [5.41, 5.74) is 0. The van der Waals surface area contributed by atoms with E-state index in [1.165, 1.54) is 32.1 Å². The Bertz CT molecular complexity index is 319. The monoisotopic (exact) mass is 252 g/mol. The third kappa shape index (κ3) is 2.33. The standard InChI is InChI=1S/C15H24O3/c1-9-4-13-15(18-13)6-11(9)8-16-7-10-2-3-12-14(5-10)17-12/h9-15H,2-8H2,1H3/t9-,10-,11-,12-,13+,14-,15+/m1/s1. The number of rotatable bonds is 4. The van der Waals surface area contributed by atoms with Gasteiger partial charge < -0.3 is 14.2 Å². The number of epoxide rings is 2. The van der Waals surface area contributed by atoms with Gasteiger partial charge in [-0.05, 0) is 49.9 Å². The molecule has 0 N–H and O–H groups in total. The second-order valence-electron chi connectivity index (χ2n) is 6.85. The maximum absolute atomic E-state index is 6.01. The van der Waals surface area contributed by atoms with Crippen LogP contribution in [0.5, 0.6) is 0 Å². The molecule has 0 unspecified atom stereocenters. The van der Waals surface area contributed by atoms with Crippen molar-refractivity contribution in [3.05, 3.63) is 0 Å². The van der Waals surface area contributed by atoms with E-state index in [1.807, 2.05) is 0 Å². The Morgan fingerprint density at radius 3 is 2.56 bits per heavy atom. The molecule has 7 atom stereocenters. The molecular weight excluding hydrogens is 228 g/mol. The molecule has 0 amide bonds. The maximum Gasteiger partial charge on any atom is 0.0845 e. The van der Waals surface area contributed by atoms with E-state index in [2.05, 4.69) is 6.92 Å². The van der Waals surface area contributed by atoms with Crippen molar-refractivity contribution in [3.8, 4) is 0 Å². The Morgan fingerprint density at radius 1 is 0.889 bits per heavy atom. The number of hydrogen-bond donors (Lipinski definition) is 0. The van der Waals surface area contributed by atoms with Crippen LogP contribution in [-0.4, -0.2) is 37.6 Å². The van der Waals surface area contributed by atoms with Gasteiger partial charge in [0.1, 0.15) is 0 Å². The Morgan fingerprint density at radius 2 is 1.67 bits per heavy atom. The van der Waals surface area contributed by atoms with Crippen LogP contribution in [0.1, 0.15) is 39.0 Å². The molecule has 0 spiro atoms. The summed E-state index contributed by atoms with van der Waals surface area (Å²) in [4.78, 5) is 0. The Hall–Kier alpha value is -0.120. The van der Waals surface area contributed by atoms with Gasteiger partial charge in [0.15, 0.2) is 0 Å². The van der Waals surface area contributed by atoms with Crippen LogP contribution in [0, 0.1) is 17.8 Å². The summed E-state index contributed by atoms with van der Waals surface area (Å²) in [6, 6.07) is 0. The van der Waals surface area contributed by atoms with E-state index in [1.54, 1.807) is 0 Å². The highest BCUT2D eigenvalue weighted by Crippen LogP contribution is 2.43. The van der Waals surface area contributed by atoms with Gasteiger partial charge in [-0.15, -0.1) is 0 Å². The average molecular weight is 252 g/mol. The van der Waals surface area contributed by atoms with Crippen LogP contribution in [0.3, 0.4) is 0 Å². The summed E-state index contributed by atoms with van der Waals surface area (Å²) in [6.45, 7) is 4.25. The molecule has 0 aromatic rings. The molecule has 2 saturated carbocycles. The van der Waals surface area contributed by atoms with E-state index in [0.29, 0.717) is 24.4 Å². The number of hydrogen-bond acceptors (Lipinski definition) is 3. The van der Waals surface area contributed by atoms with Crippen LogP contribution in [0.25, 0.3) is 0 Å². The molecule has 18 heavy (non-hydrogen) atoms. The summed E-state index contributed by atoms with van der Waals surface area (Å²) in [5.74, 6) is 2.25. The molecular formula is C15H24O3. The zero-order valence-corrected chi connectivity index (χ0v) is 11.2. The van der Waals surface area contributed by atoms with E-state index < -0.39 is 0 Å². The molecule has 2 heterocycles. The first kappa shape index (κ1) is 11.7. The lowest BCUT2D eigenvalue weighted by Crippen LogP contribution is -2.27. The average Bonchev–Trinajstić information content (AvgIpc) is 3.22. The third-order valence-corrected chi connectivity index (χ3v) is 5.43. The molecule has 102 valence electrons. The lowest BCUT2D eigenvalue weighted by molar-refractivity contribution is 0.0403. The predicted octanol–water partition coefficient (Wildman–Crippen LogP) is 2.38. The minimum absolute atomic E-state index is 0.574. The zero-order valence-electron chi connectivity index (χ0n) is 11.2. The van der Waals surface area contributed by atoms with Gasteiger partial charge in [0.2, 0.25) is 0 Å². The largest absolute Gasteiger partial charge is 0.381 e.